The summed E-state index contributed by atoms with van der Waals surface area (Å²) in [6, 6.07) is 5.17. The van der Waals surface area contributed by atoms with Crippen molar-refractivity contribution >= 4 is 43.5 Å². The molecule has 1 aromatic carbocycles. The third-order valence-electron chi connectivity index (χ3n) is 2.21. The van der Waals surface area contributed by atoms with Gasteiger partial charge < -0.3 is 5.32 Å². The van der Waals surface area contributed by atoms with Crippen molar-refractivity contribution in [1.29, 1.82) is 0 Å². The van der Waals surface area contributed by atoms with E-state index in [-0.39, 0.29) is 10.2 Å². The molecule has 2 rings (SSSR count). The van der Waals surface area contributed by atoms with Crippen LogP contribution >= 0.6 is 31.9 Å². The highest BCUT2D eigenvalue weighted by molar-refractivity contribution is 9.10. The highest BCUT2D eigenvalue weighted by Crippen LogP contribution is 2.24. The number of amides is 1. The molecular formula is C12H6Br2F2N2O. The summed E-state index contributed by atoms with van der Waals surface area (Å²) in [5.41, 5.74) is -0.442. The quantitative estimate of drug-likeness (QED) is 0.835. The third kappa shape index (κ3) is 3.36. The van der Waals surface area contributed by atoms with Crippen LogP contribution in [0.5, 0.6) is 0 Å². The van der Waals surface area contributed by atoms with Crippen molar-refractivity contribution in [2.24, 2.45) is 0 Å². The SMILES string of the molecule is O=C(Nc1c(F)cc(Br)cc1F)c1ccc(Br)cn1. The van der Waals surface area contributed by atoms with E-state index in [1.165, 1.54) is 12.3 Å². The van der Waals surface area contributed by atoms with Crippen LogP contribution in [-0.4, -0.2) is 10.9 Å². The van der Waals surface area contributed by atoms with Gasteiger partial charge in [0.15, 0.2) is 11.6 Å². The van der Waals surface area contributed by atoms with Gasteiger partial charge in [-0.2, -0.15) is 0 Å². The van der Waals surface area contributed by atoms with Crippen LogP contribution in [0.4, 0.5) is 14.5 Å². The summed E-state index contributed by atoms with van der Waals surface area (Å²) in [5, 5.41) is 2.15. The monoisotopic (exact) mass is 390 g/mol. The fourth-order valence-electron chi connectivity index (χ4n) is 1.35. The molecule has 3 nitrogen and oxygen atoms in total. The molecule has 7 heteroatoms. The van der Waals surface area contributed by atoms with E-state index in [1.807, 2.05) is 0 Å². The Morgan fingerprint density at radius 2 is 1.74 bits per heavy atom. The van der Waals surface area contributed by atoms with Crippen molar-refractivity contribution in [3.63, 3.8) is 0 Å². The predicted molar refractivity (Wildman–Crippen MR) is 73.9 cm³/mol. The minimum absolute atomic E-state index is 0.0601. The number of nitrogens with one attached hydrogen (secondary N) is 1. The minimum atomic E-state index is -0.864. The van der Waals surface area contributed by atoms with Crippen LogP contribution in [0.25, 0.3) is 0 Å². The zero-order valence-electron chi connectivity index (χ0n) is 9.25. The van der Waals surface area contributed by atoms with Gasteiger partial charge in [0, 0.05) is 15.1 Å². The van der Waals surface area contributed by atoms with Crippen molar-refractivity contribution in [2.45, 2.75) is 0 Å². The molecular weight excluding hydrogens is 386 g/mol. The zero-order valence-corrected chi connectivity index (χ0v) is 12.4. The van der Waals surface area contributed by atoms with E-state index in [0.717, 1.165) is 12.1 Å². The summed E-state index contributed by atoms with van der Waals surface area (Å²) in [5.74, 6) is -2.41. The maximum atomic E-state index is 13.5. The van der Waals surface area contributed by atoms with Crippen LogP contribution in [0.15, 0.2) is 39.4 Å². The highest BCUT2D eigenvalue weighted by atomic mass is 79.9. The average Bonchev–Trinajstić information content (AvgIpc) is 2.34. The molecule has 1 aromatic heterocycles. The van der Waals surface area contributed by atoms with Gasteiger partial charge in [0.25, 0.3) is 5.91 Å². The number of aromatic nitrogens is 1. The molecule has 1 amide bonds. The van der Waals surface area contributed by atoms with E-state index in [4.69, 9.17) is 0 Å². The van der Waals surface area contributed by atoms with Gasteiger partial charge in [-0.3, -0.25) is 4.79 Å². The second-order valence-electron chi connectivity index (χ2n) is 3.56. The smallest absolute Gasteiger partial charge is 0.274 e. The van der Waals surface area contributed by atoms with Crippen molar-refractivity contribution in [1.82, 2.24) is 4.98 Å². The summed E-state index contributed by atoms with van der Waals surface area (Å²) >= 11 is 6.13. The number of pyridine rings is 1. The molecule has 0 fully saturated rings. The maximum absolute atomic E-state index is 13.5. The number of anilines is 1. The molecule has 1 N–H and O–H groups in total. The first-order valence-electron chi connectivity index (χ1n) is 5.05. The molecule has 98 valence electrons. The van der Waals surface area contributed by atoms with Gasteiger partial charge in [0.2, 0.25) is 0 Å². The lowest BCUT2D eigenvalue weighted by Gasteiger charge is -2.07. The molecule has 0 saturated carbocycles. The second kappa shape index (κ2) is 5.75. The highest BCUT2D eigenvalue weighted by Gasteiger charge is 2.15. The molecule has 2 aromatic rings. The first-order valence-corrected chi connectivity index (χ1v) is 6.63. The molecule has 1 heterocycles. The molecule has 0 aliphatic carbocycles. The Hall–Kier alpha value is -1.34. The minimum Gasteiger partial charge on any atom is -0.316 e. The van der Waals surface area contributed by atoms with E-state index >= 15 is 0 Å². The Labute approximate surface area is 124 Å². The van der Waals surface area contributed by atoms with Crippen LogP contribution in [0, 0.1) is 11.6 Å². The van der Waals surface area contributed by atoms with Gasteiger partial charge in [-0.25, -0.2) is 13.8 Å². The fraction of sp³-hybridized carbons (Fsp3) is 0. The fourth-order valence-corrected chi connectivity index (χ4v) is 1.99. The summed E-state index contributed by atoms with van der Waals surface area (Å²) < 4.78 is 28.0. The molecule has 0 aliphatic heterocycles. The van der Waals surface area contributed by atoms with Gasteiger partial charge in [0.05, 0.1) is 0 Å². The Morgan fingerprint density at radius 1 is 1.11 bits per heavy atom. The van der Waals surface area contributed by atoms with E-state index in [9.17, 15) is 13.6 Å². The first-order chi connectivity index (χ1) is 8.97. The summed E-state index contributed by atoms with van der Waals surface area (Å²) in [6.07, 6.45) is 1.42. The topological polar surface area (TPSA) is 42.0 Å². The van der Waals surface area contributed by atoms with Crippen molar-refractivity contribution in [2.75, 3.05) is 5.32 Å². The lowest BCUT2D eigenvalue weighted by atomic mass is 10.2. The second-order valence-corrected chi connectivity index (χ2v) is 5.39. The molecule has 0 spiro atoms. The Kier molecular flexibility index (Phi) is 4.26. The van der Waals surface area contributed by atoms with Gasteiger partial charge in [-0.1, -0.05) is 15.9 Å². The van der Waals surface area contributed by atoms with Crippen LogP contribution < -0.4 is 5.32 Å². The van der Waals surface area contributed by atoms with Crippen molar-refractivity contribution in [3.8, 4) is 0 Å². The number of carbonyl (C=O) groups excluding carboxylic acids is 1. The standard InChI is InChI=1S/C12H6Br2F2N2O/c13-6-1-2-10(17-5-6)12(19)18-11-8(15)3-7(14)4-9(11)16/h1-5H,(H,18,19). The Morgan fingerprint density at radius 3 is 2.26 bits per heavy atom. The number of halogens is 4. The number of carbonyl (C=O) groups is 1. The van der Waals surface area contributed by atoms with Gasteiger partial charge in [0.1, 0.15) is 11.4 Å². The van der Waals surface area contributed by atoms with Crippen molar-refractivity contribution < 1.29 is 13.6 Å². The largest absolute Gasteiger partial charge is 0.316 e. The molecule has 0 aliphatic rings. The molecule has 0 saturated heterocycles. The Balaban J connectivity index is 2.26. The van der Waals surface area contributed by atoms with Crippen molar-refractivity contribution in [3.05, 3.63) is 56.7 Å². The van der Waals surface area contributed by atoms with E-state index in [1.54, 1.807) is 6.07 Å². The van der Waals surface area contributed by atoms with Gasteiger partial charge in [-0.15, -0.1) is 0 Å². The van der Waals surface area contributed by atoms with E-state index < -0.39 is 23.2 Å². The lowest BCUT2D eigenvalue weighted by molar-refractivity contribution is 0.102. The van der Waals surface area contributed by atoms with E-state index in [2.05, 4.69) is 42.2 Å². The number of nitrogens with zero attached hydrogens (tertiary/aromatic N) is 1. The Bertz CT molecular complexity index is 609. The molecule has 0 atom stereocenters. The summed E-state index contributed by atoms with van der Waals surface area (Å²) in [7, 11) is 0. The number of hydrogen-bond acceptors (Lipinski definition) is 2. The third-order valence-corrected chi connectivity index (χ3v) is 3.13. The van der Waals surface area contributed by atoms with Crippen LogP contribution in [0.3, 0.4) is 0 Å². The van der Waals surface area contributed by atoms with Crippen LogP contribution in [0.2, 0.25) is 0 Å². The van der Waals surface area contributed by atoms with E-state index in [0.29, 0.717) is 4.47 Å². The molecule has 0 unspecified atom stereocenters. The first kappa shape index (κ1) is 14.1. The van der Waals surface area contributed by atoms with Gasteiger partial charge in [-0.05, 0) is 40.2 Å². The lowest BCUT2D eigenvalue weighted by Crippen LogP contribution is -2.15. The maximum Gasteiger partial charge on any atom is 0.274 e. The number of rotatable bonds is 2. The van der Waals surface area contributed by atoms with Crippen LogP contribution in [-0.2, 0) is 0 Å². The average molecular weight is 392 g/mol. The molecule has 0 radical (unpaired) electrons. The number of benzene rings is 1. The summed E-state index contributed by atoms with van der Waals surface area (Å²) in [6.45, 7) is 0. The number of hydrogen-bond donors (Lipinski definition) is 1. The normalized spacial score (nSPS) is 10.3. The molecule has 0 bridgehead atoms. The summed E-state index contributed by atoms with van der Waals surface area (Å²) in [4.78, 5) is 15.6. The molecule has 19 heavy (non-hydrogen) atoms. The predicted octanol–water partition coefficient (Wildman–Crippen LogP) is 4.14. The zero-order chi connectivity index (χ0) is 14.0. The van der Waals surface area contributed by atoms with Gasteiger partial charge >= 0.3 is 0 Å². The van der Waals surface area contributed by atoms with Crippen LogP contribution in [0.1, 0.15) is 10.5 Å².